The van der Waals surface area contributed by atoms with Crippen LogP contribution in [0.1, 0.15) is 82.1 Å². The molecule has 0 radical (unpaired) electrons. The Bertz CT molecular complexity index is 623. The molecule has 1 aliphatic carbocycles. The van der Waals surface area contributed by atoms with Crippen molar-refractivity contribution in [1.82, 2.24) is 0 Å². The minimum atomic E-state index is 0.0806. The summed E-state index contributed by atoms with van der Waals surface area (Å²) in [6.07, 6.45) is 6.42. The van der Waals surface area contributed by atoms with E-state index in [2.05, 4.69) is 40.7 Å². The van der Waals surface area contributed by atoms with Gasteiger partial charge in [-0.1, -0.05) is 45.8 Å². The SMILES string of the molecule is CCc1c(C)c(O)c([C@@H]2C=C(C)CC[C@H]2C(C)(C)CC)c(O)c1C. The summed E-state index contributed by atoms with van der Waals surface area (Å²) in [6, 6.07) is 0. The van der Waals surface area contributed by atoms with E-state index in [0.717, 1.165) is 47.9 Å². The monoisotopic (exact) mass is 330 g/mol. The van der Waals surface area contributed by atoms with Gasteiger partial charge in [0.05, 0.1) is 0 Å². The van der Waals surface area contributed by atoms with Crippen LogP contribution in [0.2, 0.25) is 0 Å². The molecule has 134 valence electrons. The van der Waals surface area contributed by atoms with E-state index in [1.807, 2.05) is 13.8 Å². The molecule has 0 fully saturated rings. The van der Waals surface area contributed by atoms with Gasteiger partial charge in [-0.3, -0.25) is 0 Å². The molecule has 1 aromatic carbocycles. The zero-order chi connectivity index (χ0) is 18.2. The van der Waals surface area contributed by atoms with Crippen LogP contribution in [0.4, 0.5) is 0 Å². The third-order valence-electron chi connectivity index (χ3n) is 6.48. The number of phenolic OH excluding ortho intramolecular Hbond substituents is 2. The maximum Gasteiger partial charge on any atom is 0.126 e. The molecule has 24 heavy (non-hydrogen) atoms. The fourth-order valence-electron chi connectivity index (χ4n) is 4.42. The fourth-order valence-corrected chi connectivity index (χ4v) is 4.42. The molecule has 0 saturated heterocycles. The first-order chi connectivity index (χ1) is 11.2. The number of rotatable bonds is 4. The van der Waals surface area contributed by atoms with E-state index in [9.17, 15) is 10.2 Å². The number of allylic oxidation sites excluding steroid dienone is 2. The molecule has 0 spiro atoms. The molecule has 0 heterocycles. The van der Waals surface area contributed by atoms with E-state index >= 15 is 0 Å². The van der Waals surface area contributed by atoms with Gasteiger partial charge in [0.2, 0.25) is 0 Å². The third-order valence-corrected chi connectivity index (χ3v) is 6.48. The Balaban J connectivity index is 2.69. The highest BCUT2D eigenvalue weighted by atomic mass is 16.3. The minimum absolute atomic E-state index is 0.0806. The van der Waals surface area contributed by atoms with Gasteiger partial charge in [0, 0.05) is 11.5 Å². The van der Waals surface area contributed by atoms with E-state index in [-0.39, 0.29) is 11.3 Å². The lowest BCUT2D eigenvalue weighted by atomic mass is 9.63. The largest absolute Gasteiger partial charge is 0.507 e. The van der Waals surface area contributed by atoms with Gasteiger partial charge < -0.3 is 10.2 Å². The second kappa shape index (κ2) is 6.82. The Hall–Kier alpha value is -1.44. The highest BCUT2D eigenvalue weighted by Crippen LogP contribution is 2.53. The van der Waals surface area contributed by atoms with Gasteiger partial charge in [-0.2, -0.15) is 0 Å². The Morgan fingerprint density at radius 3 is 2.04 bits per heavy atom. The number of hydrogen-bond acceptors (Lipinski definition) is 2. The van der Waals surface area contributed by atoms with Gasteiger partial charge >= 0.3 is 0 Å². The van der Waals surface area contributed by atoms with Crippen LogP contribution in [0.15, 0.2) is 11.6 Å². The van der Waals surface area contributed by atoms with Crippen molar-refractivity contribution >= 4 is 0 Å². The standard InChI is InChI=1S/C22H34O2/c1-8-16-14(4)20(23)19(21(24)15(16)5)17-12-13(3)10-11-18(17)22(6,7)9-2/h12,17-18,23-24H,8-11H2,1-7H3/t17-,18-/m1/s1. The van der Waals surface area contributed by atoms with Gasteiger partial charge in [0.25, 0.3) is 0 Å². The fraction of sp³-hybridized carbons (Fsp3) is 0.636. The second-order valence-electron chi connectivity index (χ2n) is 8.22. The highest BCUT2D eigenvalue weighted by molar-refractivity contribution is 5.60. The van der Waals surface area contributed by atoms with Gasteiger partial charge in [-0.05, 0) is 68.1 Å². The summed E-state index contributed by atoms with van der Waals surface area (Å²) in [6.45, 7) is 15.0. The van der Waals surface area contributed by atoms with E-state index in [1.165, 1.54) is 5.57 Å². The zero-order valence-corrected chi connectivity index (χ0v) is 16.5. The molecule has 0 aliphatic heterocycles. The molecule has 0 unspecified atom stereocenters. The molecule has 2 heteroatoms. The van der Waals surface area contributed by atoms with Crippen molar-refractivity contribution in [3.63, 3.8) is 0 Å². The normalized spacial score (nSPS) is 21.7. The number of aromatic hydroxyl groups is 2. The minimum Gasteiger partial charge on any atom is -0.507 e. The van der Waals surface area contributed by atoms with E-state index < -0.39 is 0 Å². The summed E-state index contributed by atoms with van der Waals surface area (Å²) >= 11 is 0. The van der Waals surface area contributed by atoms with Crippen LogP contribution in [0.25, 0.3) is 0 Å². The molecule has 2 rings (SSSR count). The Labute approximate surface area is 147 Å². The lowest BCUT2D eigenvalue weighted by Gasteiger charge is -2.42. The van der Waals surface area contributed by atoms with E-state index in [0.29, 0.717) is 17.4 Å². The van der Waals surface area contributed by atoms with E-state index in [1.54, 1.807) is 0 Å². The molecular weight excluding hydrogens is 296 g/mol. The van der Waals surface area contributed by atoms with Crippen LogP contribution in [0.3, 0.4) is 0 Å². The number of benzene rings is 1. The highest BCUT2D eigenvalue weighted by Gasteiger charge is 2.39. The lowest BCUT2D eigenvalue weighted by Crippen LogP contribution is -2.30. The Morgan fingerprint density at radius 2 is 1.58 bits per heavy atom. The first-order valence-electron chi connectivity index (χ1n) is 9.36. The molecule has 0 saturated carbocycles. The molecule has 0 amide bonds. The van der Waals surface area contributed by atoms with Crippen LogP contribution in [0.5, 0.6) is 11.5 Å². The van der Waals surface area contributed by atoms with Crippen molar-refractivity contribution in [3.05, 3.63) is 33.9 Å². The van der Waals surface area contributed by atoms with Crippen LogP contribution < -0.4 is 0 Å². The van der Waals surface area contributed by atoms with Crippen LogP contribution >= 0.6 is 0 Å². The van der Waals surface area contributed by atoms with Crippen molar-refractivity contribution in [2.45, 2.75) is 80.1 Å². The van der Waals surface area contributed by atoms with Gasteiger partial charge in [-0.25, -0.2) is 0 Å². The molecule has 1 aromatic rings. The Kier molecular flexibility index (Phi) is 5.37. The molecule has 2 N–H and O–H groups in total. The predicted octanol–water partition coefficient (Wildman–Crippen LogP) is 6.15. The molecule has 0 aromatic heterocycles. The van der Waals surface area contributed by atoms with Gasteiger partial charge in [0.1, 0.15) is 11.5 Å². The first-order valence-corrected chi connectivity index (χ1v) is 9.36. The van der Waals surface area contributed by atoms with Gasteiger partial charge in [-0.15, -0.1) is 0 Å². The molecule has 2 nitrogen and oxygen atoms in total. The Morgan fingerprint density at radius 1 is 1.04 bits per heavy atom. The average Bonchev–Trinajstić information content (AvgIpc) is 2.54. The van der Waals surface area contributed by atoms with Crippen molar-refractivity contribution < 1.29 is 10.2 Å². The number of hydrogen-bond donors (Lipinski definition) is 2. The second-order valence-corrected chi connectivity index (χ2v) is 8.22. The lowest BCUT2D eigenvalue weighted by molar-refractivity contribution is 0.164. The topological polar surface area (TPSA) is 40.5 Å². The van der Waals surface area contributed by atoms with Gasteiger partial charge in [0.15, 0.2) is 0 Å². The smallest absolute Gasteiger partial charge is 0.126 e. The van der Waals surface area contributed by atoms with Crippen molar-refractivity contribution in [3.8, 4) is 11.5 Å². The summed E-state index contributed by atoms with van der Waals surface area (Å²) in [5.41, 5.74) is 5.19. The summed E-state index contributed by atoms with van der Waals surface area (Å²) in [7, 11) is 0. The van der Waals surface area contributed by atoms with Crippen molar-refractivity contribution in [2.75, 3.05) is 0 Å². The maximum absolute atomic E-state index is 10.9. The maximum atomic E-state index is 10.9. The predicted molar refractivity (Wildman–Crippen MR) is 102 cm³/mol. The van der Waals surface area contributed by atoms with Crippen molar-refractivity contribution in [2.24, 2.45) is 11.3 Å². The van der Waals surface area contributed by atoms with E-state index in [4.69, 9.17) is 0 Å². The average molecular weight is 331 g/mol. The summed E-state index contributed by atoms with van der Waals surface area (Å²) in [5, 5.41) is 21.8. The van der Waals surface area contributed by atoms with Crippen molar-refractivity contribution in [1.29, 1.82) is 0 Å². The first kappa shape index (κ1) is 18.9. The summed E-state index contributed by atoms with van der Waals surface area (Å²) < 4.78 is 0. The molecule has 1 aliphatic rings. The molecule has 0 bridgehead atoms. The van der Waals surface area contributed by atoms with Crippen LogP contribution in [-0.2, 0) is 6.42 Å². The van der Waals surface area contributed by atoms with Crippen LogP contribution in [0, 0.1) is 25.2 Å². The quantitative estimate of drug-likeness (QED) is 0.650. The summed E-state index contributed by atoms with van der Waals surface area (Å²) in [4.78, 5) is 0. The third kappa shape index (κ3) is 3.08. The molecular formula is C22H34O2. The summed E-state index contributed by atoms with van der Waals surface area (Å²) in [5.74, 6) is 1.09. The number of phenols is 2. The molecule has 2 atom stereocenters. The van der Waals surface area contributed by atoms with Crippen LogP contribution in [-0.4, -0.2) is 10.2 Å². The zero-order valence-electron chi connectivity index (χ0n) is 16.5.